The zero-order chi connectivity index (χ0) is 32.5. The summed E-state index contributed by atoms with van der Waals surface area (Å²) in [5.74, 6) is 0.0168. The maximum Gasteiger partial charge on any atom is 0.256 e. The third-order valence-electron chi connectivity index (χ3n) is 7.62. The largest absolute Gasteiger partial charge is 0.336 e. The Morgan fingerprint density at radius 1 is 0.545 bits per heavy atom. The molecule has 0 saturated carbocycles. The van der Waals surface area contributed by atoms with Crippen molar-refractivity contribution in [3.8, 4) is 0 Å². The fourth-order valence-electron chi connectivity index (χ4n) is 6.00. The number of benzene rings is 4. The van der Waals surface area contributed by atoms with Crippen molar-refractivity contribution in [3.63, 3.8) is 0 Å². The SMILES string of the molecule is Cc1cc(C)cc(P(OC(C(=O)N(C)P(c2cc(C)cc(C)c2)c2cc(C)cc(C)c2)C(C)(C)C)c2cc(C)cc(C)c2)c1. The Morgan fingerprint density at radius 2 is 0.818 bits per heavy atom. The van der Waals surface area contributed by atoms with Crippen molar-refractivity contribution in [2.75, 3.05) is 7.05 Å². The van der Waals surface area contributed by atoms with Gasteiger partial charge in [0.25, 0.3) is 5.91 Å². The van der Waals surface area contributed by atoms with Crippen LogP contribution in [0.1, 0.15) is 65.3 Å². The summed E-state index contributed by atoms with van der Waals surface area (Å²) >= 11 is 0. The van der Waals surface area contributed by atoms with E-state index in [9.17, 15) is 4.79 Å². The van der Waals surface area contributed by atoms with Crippen LogP contribution in [0.15, 0.2) is 72.8 Å². The Kier molecular flexibility index (Phi) is 10.6. The molecule has 44 heavy (non-hydrogen) atoms. The van der Waals surface area contributed by atoms with Gasteiger partial charge >= 0.3 is 0 Å². The van der Waals surface area contributed by atoms with Gasteiger partial charge in [-0.1, -0.05) is 89.5 Å². The van der Waals surface area contributed by atoms with Gasteiger partial charge in [-0.15, -0.1) is 0 Å². The van der Waals surface area contributed by atoms with E-state index >= 15 is 0 Å². The number of carbonyl (C=O) groups excluding carboxylic acids is 1. The number of aryl methyl sites for hydroxylation is 8. The molecule has 4 aromatic rings. The maximum absolute atomic E-state index is 14.9. The van der Waals surface area contributed by atoms with E-state index in [4.69, 9.17) is 4.52 Å². The zero-order valence-corrected chi connectivity index (χ0v) is 30.5. The van der Waals surface area contributed by atoms with Crippen LogP contribution in [-0.4, -0.2) is 23.7 Å². The highest BCUT2D eigenvalue weighted by Gasteiger charge is 2.40. The minimum absolute atomic E-state index is 0.0168. The molecule has 0 aliphatic rings. The molecule has 5 heteroatoms. The lowest BCUT2D eigenvalue weighted by Gasteiger charge is -2.38. The van der Waals surface area contributed by atoms with E-state index < -0.39 is 27.7 Å². The van der Waals surface area contributed by atoms with Gasteiger partial charge in [0.1, 0.15) is 6.10 Å². The van der Waals surface area contributed by atoms with Crippen molar-refractivity contribution in [1.29, 1.82) is 0 Å². The maximum atomic E-state index is 14.9. The van der Waals surface area contributed by atoms with Crippen molar-refractivity contribution in [3.05, 3.63) is 117 Å². The summed E-state index contributed by atoms with van der Waals surface area (Å²) in [6, 6.07) is 26.6. The summed E-state index contributed by atoms with van der Waals surface area (Å²) in [6.45, 7) is 23.4. The molecular formula is C39H49NO2P2. The third-order valence-corrected chi connectivity index (χ3v) is 11.8. The lowest BCUT2D eigenvalue weighted by molar-refractivity contribution is -0.136. The van der Waals surface area contributed by atoms with Gasteiger partial charge in [-0.25, -0.2) is 0 Å². The molecule has 0 bridgehead atoms. The van der Waals surface area contributed by atoms with Gasteiger partial charge in [0.05, 0.1) is 16.2 Å². The van der Waals surface area contributed by atoms with Crippen LogP contribution in [0.4, 0.5) is 0 Å². The van der Waals surface area contributed by atoms with Crippen LogP contribution in [0.25, 0.3) is 0 Å². The topological polar surface area (TPSA) is 29.5 Å². The molecule has 0 radical (unpaired) electrons. The van der Waals surface area contributed by atoms with Crippen LogP contribution in [0.2, 0.25) is 0 Å². The van der Waals surface area contributed by atoms with E-state index in [1.165, 1.54) is 55.1 Å². The smallest absolute Gasteiger partial charge is 0.256 e. The zero-order valence-electron chi connectivity index (χ0n) is 28.7. The van der Waals surface area contributed by atoms with Crippen LogP contribution < -0.4 is 21.2 Å². The van der Waals surface area contributed by atoms with E-state index in [1.807, 2.05) is 11.7 Å². The highest BCUT2D eigenvalue weighted by Crippen LogP contribution is 2.45. The predicted molar refractivity (Wildman–Crippen MR) is 193 cm³/mol. The molecule has 0 saturated heterocycles. The Morgan fingerprint density at radius 3 is 1.09 bits per heavy atom. The van der Waals surface area contributed by atoms with E-state index in [2.05, 4.69) is 149 Å². The van der Waals surface area contributed by atoms with E-state index in [1.54, 1.807) is 0 Å². The molecule has 0 aromatic heterocycles. The van der Waals surface area contributed by atoms with Crippen LogP contribution >= 0.6 is 16.2 Å². The van der Waals surface area contributed by atoms with Gasteiger partial charge in [0, 0.05) is 28.3 Å². The van der Waals surface area contributed by atoms with Gasteiger partial charge in [0.2, 0.25) is 0 Å². The molecule has 1 atom stereocenters. The normalized spacial score (nSPS) is 12.6. The van der Waals surface area contributed by atoms with Crippen molar-refractivity contribution in [2.24, 2.45) is 5.41 Å². The molecule has 0 heterocycles. The first-order chi connectivity index (χ1) is 20.5. The Labute approximate surface area is 268 Å². The monoisotopic (exact) mass is 625 g/mol. The van der Waals surface area contributed by atoms with Gasteiger partial charge in [-0.2, -0.15) is 0 Å². The lowest BCUT2D eigenvalue weighted by atomic mass is 9.89. The van der Waals surface area contributed by atoms with Gasteiger partial charge in [0.15, 0.2) is 0 Å². The van der Waals surface area contributed by atoms with E-state index in [-0.39, 0.29) is 5.91 Å². The minimum atomic E-state index is -1.27. The fourth-order valence-corrected chi connectivity index (χ4v) is 11.0. The molecule has 3 nitrogen and oxygen atoms in total. The number of rotatable bonds is 8. The highest BCUT2D eigenvalue weighted by molar-refractivity contribution is 7.71. The quantitative estimate of drug-likeness (QED) is 0.184. The second-order valence-corrected chi connectivity index (χ2v) is 17.8. The van der Waals surface area contributed by atoms with E-state index in [0.717, 1.165) is 10.6 Å². The number of carbonyl (C=O) groups is 1. The number of amides is 1. The molecule has 4 aromatic carbocycles. The average Bonchev–Trinajstić information content (AvgIpc) is 2.86. The molecule has 1 unspecified atom stereocenters. The van der Waals surface area contributed by atoms with Crippen molar-refractivity contribution in [2.45, 2.75) is 82.3 Å². The first-order valence-electron chi connectivity index (χ1n) is 15.4. The molecule has 0 N–H and O–H groups in total. The van der Waals surface area contributed by atoms with Crippen molar-refractivity contribution in [1.82, 2.24) is 4.67 Å². The van der Waals surface area contributed by atoms with Crippen LogP contribution in [0.3, 0.4) is 0 Å². The molecule has 0 aliphatic heterocycles. The molecular weight excluding hydrogens is 576 g/mol. The molecule has 0 aliphatic carbocycles. The minimum Gasteiger partial charge on any atom is -0.336 e. The van der Waals surface area contributed by atoms with Crippen LogP contribution in [-0.2, 0) is 9.32 Å². The van der Waals surface area contributed by atoms with Gasteiger partial charge < -0.3 is 9.19 Å². The number of nitrogens with zero attached hydrogens (tertiary/aromatic N) is 1. The Hall–Kier alpha value is -2.83. The molecule has 0 spiro atoms. The second-order valence-electron chi connectivity index (χ2n) is 13.7. The van der Waals surface area contributed by atoms with Crippen molar-refractivity contribution >= 4 is 43.3 Å². The molecule has 4 rings (SSSR count). The summed E-state index contributed by atoms with van der Waals surface area (Å²) in [5.41, 5.74) is 9.17. The molecule has 232 valence electrons. The molecule has 1 amide bonds. The first kappa shape index (κ1) is 34.1. The van der Waals surface area contributed by atoms with Gasteiger partial charge in [-0.05, 0) is 109 Å². The summed E-state index contributed by atoms with van der Waals surface area (Å²) in [6.07, 6.45) is -0.651. The number of hydrogen-bond donors (Lipinski definition) is 0. The number of hydrogen-bond acceptors (Lipinski definition) is 2. The highest BCUT2D eigenvalue weighted by atomic mass is 31.1. The first-order valence-corrected chi connectivity index (χ1v) is 17.9. The molecule has 0 fully saturated rings. The Balaban J connectivity index is 1.85. The lowest BCUT2D eigenvalue weighted by Crippen LogP contribution is -2.45. The van der Waals surface area contributed by atoms with Gasteiger partial charge in [-0.3, -0.25) is 4.79 Å². The standard InChI is InChI=1S/C39H49NO2P2/c1-25-13-26(2)18-33(17-25)43(34-19-27(3)14-28(4)20-34)40(12)38(41)37(39(9,10)11)42-44(35-21-29(5)15-30(6)22-35)36-23-31(7)16-32(8)24-36/h13-24,37H,1-12H3. The van der Waals surface area contributed by atoms with Crippen molar-refractivity contribution < 1.29 is 9.32 Å². The predicted octanol–water partition coefficient (Wildman–Crippen LogP) is 8.44. The van der Waals surface area contributed by atoms with Crippen LogP contribution in [0, 0.1) is 60.8 Å². The fraction of sp³-hybridized carbons (Fsp3) is 0.359. The summed E-state index contributed by atoms with van der Waals surface area (Å²) in [4.78, 5) is 14.9. The van der Waals surface area contributed by atoms with Crippen LogP contribution in [0.5, 0.6) is 0 Å². The number of likely N-dealkylation sites (N-methyl/N-ethyl adjacent to an activating group) is 1. The Bertz CT molecular complexity index is 1490. The summed E-state index contributed by atoms with van der Waals surface area (Å²) in [7, 11) is -0.431. The third kappa shape index (κ3) is 8.25. The second kappa shape index (κ2) is 13.7. The summed E-state index contributed by atoms with van der Waals surface area (Å²) in [5, 5.41) is 4.63. The van der Waals surface area contributed by atoms with E-state index in [0.29, 0.717) is 0 Å². The average molecular weight is 626 g/mol. The summed E-state index contributed by atoms with van der Waals surface area (Å²) < 4.78 is 9.18.